The molecule has 0 radical (unpaired) electrons. The van der Waals surface area contributed by atoms with Crippen LogP contribution >= 0.6 is 0 Å². The van der Waals surface area contributed by atoms with Crippen LogP contribution in [0.3, 0.4) is 0 Å². The van der Waals surface area contributed by atoms with Crippen LogP contribution in [0.2, 0.25) is 0 Å². The van der Waals surface area contributed by atoms with Gasteiger partial charge >= 0.3 is 6.18 Å². The summed E-state index contributed by atoms with van der Waals surface area (Å²) in [6, 6.07) is 10.3. The van der Waals surface area contributed by atoms with Gasteiger partial charge in [0, 0.05) is 5.56 Å². The Bertz CT molecular complexity index is 981. The molecule has 3 aromatic rings. The highest BCUT2D eigenvalue weighted by atomic mass is 32.2. The second-order valence-corrected chi connectivity index (χ2v) is 6.50. The van der Waals surface area contributed by atoms with Gasteiger partial charge in [-0.05, 0) is 48.9 Å². The van der Waals surface area contributed by atoms with E-state index in [1.54, 1.807) is 0 Å². The Labute approximate surface area is 148 Å². The molecule has 0 bridgehead atoms. The molecule has 136 valence electrons. The topological polar surface area (TPSA) is 55.1 Å². The largest absolute Gasteiger partial charge is 0.435 e. The first kappa shape index (κ1) is 18.3. The third-order valence-corrected chi connectivity index (χ3v) is 4.41. The van der Waals surface area contributed by atoms with Crippen molar-refractivity contribution in [3.63, 3.8) is 0 Å². The van der Waals surface area contributed by atoms with Gasteiger partial charge in [-0.25, -0.2) is 13.3 Å². The zero-order valence-electron chi connectivity index (χ0n) is 13.3. The van der Waals surface area contributed by atoms with E-state index in [0.717, 1.165) is 16.8 Å². The molecular formula is C17H12F4N2O2S. The molecule has 1 aromatic heterocycles. The molecule has 0 aliphatic carbocycles. The molecule has 0 spiro atoms. The summed E-state index contributed by atoms with van der Waals surface area (Å²) in [7, 11) is 0. The molecule has 2 aromatic carbocycles. The number of aryl methyl sites for hydroxylation is 1. The quantitative estimate of drug-likeness (QED) is 0.531. The average molecular weight is 384 g/mol. The lowest BCUT2D eigenvalue weighted by atomic mass is 10.1. The molecule has 0 aliphatic rings. The van der Waals surface area contributed by atoms with Gasteiger partial charge in [-0.1, -0.05) is 12.1 Å². The summed E-state index contributed by atoms with van der Waals surface area (Å²) >= 11 is -2.19. The zero-order chi connectivity index (χ0) is 19.1. The van der Waals surface area contributed by atoms with Gasteiger partial charge in [0.25, 0.3) is 0 Å². The molecule has 0 aliphatic heterocycles. The maximum atomic E-state index is 13.5. The van der Waals surface area contributed by atoms with E-state index in [0.29, 0.717) is 5.56 Å². The lowest BCUT2D eigenvalue weighted by Gasteiger charge is -2.09. The minimum atomic E-state index is -4.65. The Balaban J connectivity index is 2.18. The highest BCUT2D eigenvalue weighted by molar-refractivity contribution is 7.79. The molecule has 4 nitrogen and oxygen atoms in total. The van der Waals surface area contributed by atoms with Crippen LogP contribution in [-0.4, -0.2) is 18.5 Å². The van der Waals surface area contributed by atoms with Crippen LogP contribution in [0.5, 0.6) is 0 Å². The van der Waals surface area contributed by atoms with E-state index in [-0.39, 0.29) is 21.8 Å². The smallest absolute Gasteiger partial charge is 0.302 e. The summed E-state index contributed by atoms with van der Waals surface area (Å²) in [4.78, 5) is 0.119. The molecule has 0 saturated heterocycles. The first-order valence-corrected chi connectivity index (χ1v) is 8.42. The lowest BCUT2D eigenvalue weighted by molar-refractivity contribution is -0.141. The number of benzene rings is 2. The molecule has 1 unspecified atom stereocenters. The van der Waals surface area contributed by atoms with Crippen LogP contribution in [0, 0.1) is 12.7 Å². The first-order chi connectivity index (χ1) is 12.2. The highest BCUT2D eigenvalue weighted by Gasteiger charge is 2.35. The summed E-state index contributed by atoms with van der Waals surface area (Å²) in [6.07, 6.45) is -4.65. The Morgan fingerprint density at radius 3 is 2.27 bits per heavy atom. The fraction of sp³-hybridized carbons (Fsp3) is 0.118. The Morgan fingerprint density at radius 1 is 1.08 bits per heavy atom. The average Bonchev–Trinajstić information content (AvgIpc) is 3.03. The Kier molecular flexibility index (Phi) is 4.68. The Morgan fingerprint density at radius 2 is 1.73 bits per heavy atom. The number of nitrogens with zero attached hydrogens (tertiary/aromatic N) is 2. The minimum absolute atomic E-state index is 0.119. The van der Waals surface area contributed by atoms with Gasteiger partial charge in [0.1, 0.15) is 5.82 Å². The second kappa shape index (κ2) is 6.65. The number of halogens is 4. The molecule has 0 fully saturated rings. The van der Waals surface area contributed by atoms with Crippen LogP contribution < -0.4 is 0 Å². The third kappa shape index (κ3) is 3.54. The standard InChI is InChI=1S/C17H12F4N2O2S/c1-10-8-12(4-7-14(10)18)23-15(9-16(22-23)17(19,20)21)11-2-5-13(6-3-11)26(24)25/h2-9H,1H3,(H,24,25). The highest BCUT2D eigenvalue weighted by Crippen LogP contribution is 2.33. The van der Waals surface area contributed by atoms with Crippen molar-refractivity contribution >= 4 is 11.1 Å². The van der Waals surface area contributed by atoms with Crippen molar-refractivity contribution in [2.24, 2.45) is 0 Å². The van der Waals surface area contributed by atoms with E-state index >= 15 is 0 Å². The van der Waals surface area contributed by atoms with E-state index < -0.39 is 28.8 Å². The van der Waals surface area contributed by atoms with Crippen molar-refractivity contribution in [2.45, 2.75) is 18.0 Å². The van der Waals surface area contributed by atoms with Gasteiger partial charge in [0.15, 0.2) is 16.8 Å². The first-order valence-electron chi connectivity index (χ1n) is 7.32. The van der Waals surface area contributed by atoms with Crippen molar-refractivity contribution in [3.8, 4) is 16.9 Å². The number of hydrogen-bond donors (Lipinski definition) is 1. The fourth-order valence-corrected chi connectivity index (χ4v) is 2.79. The van der Waals surface area contributed by atoms with Crippen LogP contribution in [0.4, 0.5) is 17.6 Å². The molecule has 0 saturated carbocycles. The van der Waals surface area contributed by atoms with Crippen molar-refractivity contribution in [1.29, 1.82) is 0 Å². The number of aromatic nitrogens is 2. The van der Waals surface area contributed by atoms with Gasteiger partial charge in [0.2, 0.25) is 0 Å². The van der Waals surface area contributed by atoms with Crippen molar-refractivity contribution in [1.82, 2.24) is 9.78 Å². The van der Waals surface area contributed by atoms with Gasteiger partial charge in [-0.3, -0.25) is 0 Å². The predicted octanol–water partition coefficient (Wildman–Crippen LogP) is 4.59. The summed E-state index contributed by atoms with van der Waals surface area (Å²) in [5, 5.41) is 3.62. The zero-order valence-corrected chi connectivity index (χ0v) is 14.1. The lowest BCUT2D eigenvalue weighted by Crippen LogP contribution is -2.07. The van der Waals surface area contributed by atoms with E-state index in [1.165, 1.54) is 43.3 Å². The number of rotatable bonds is 3. The predicted molar refractivity (Wildman–Crippen MR) is 87.7 cm³/mol. The maximum absolute atomic E-state index is 13.5. The monoisotopic (exact) mass is 384 g/mol. The van der Waals surface area contributed by atoms with Gasteiger partial charge in [0.05, 0.1) is 16.3 Å². The maximum Gasteiger partial charge on any atom is 0.435 e. The van der Waals surface area contributed by atoms with E-state index in [9.17, 15) is 21.8 Å². The summed E-state index contributed by atoms with van der Waals surface area (Å²) in [5.41, 5.74) is -0.0696. The van der Waals surface area contributed by atoms with E-state index in [4.69, 9.17) is 4.55 Å². The van der Waals surface area contributed by atoms with Crippen LogP contribution in [-0.2, 0) is 17.3 Å². The van der Waals surface area contributed by atoms with Crippen molar-refractivity contribution in [2.75, 3.05) is 0 Å². The number of hydrogen-bond acceptors (Lipinski definition) is 2. The van der Waals surface area contributed by atoms with Crippen LogP contribution in [0.15, 0.2) is 53.4 Å². The van der Waals surface area contributed by atoms with Gasteiger partial charge in [-0.2, -0.15) is 18.3 Å². The minimum Gasteiger partial charge on any atom is -0.302 e. The SMILES string of the molecule is Cc1cc(-n2nc(C(F)(F)F)cc2-c2ccc(S(=O)O)cc2)ccc1F. The van der Waals surface area contributed by atoms with Gasteiger partial charge < -0.3 is 4.55 Å². The van der Waals surface area contributed by atoms with Crippen LogP contribution in [0.25, 0.3) is 16.9 Å². The third-order valence-electron chi connectivity index (χ3n) is 3.74. The van der Waals surface area contributed by atoms with Crippen LogP contribution in [0.1, 0.15) is 11.3 Å². The van der Waals surface area contributed by atoms with E-state index in [1.807, 2.05) is 0 Å². The van der Waals surface area contributed by atoms with Crippen molar-refractivity contribution < 1.29 is 26.3 Å². The summed E-state index contributed by atoms with van der Waals surface area (Å²) < 4.78 is 74.0. The molecule has 26 heavy (non-hydrogen) atoms. The normalized spacial score (nSPS) is 13.0. The summed E-state index contributed by atoms with van der Waals surface area (Å²) in [5.74, 6) is -0.478. The summed E-state index contributed by atoms with van der Waals surface area (Å²) in [6.45, 7) is 1.50. The molecule has 0 amide bonds. The number of alkyl halides is 3. The molecule has 1 atom stereocenters. The fourth-order valence-electron chi connectivity index (χ4n) is 2.42. The molecule has 1 N–H and O–H groups in total. The van der Waals surface area contributed by atoms with Gasteiger partial charge in [-0.15, -0.1) is 0 Å². The molecular weight excluding hydrogens is 372 g/mol. The second-order valence-electron chi connectivity index (χ2n) is 5.53. The molecule has 3 rings (SSSR count). The van der Waals surface area contributed by atoms with Crippen molar-refractivity contribution in [3.05, 3.63) is 65.6 Å². The molecule has 1 heterocycles. The Hall–Kier alpha value is -2.52. The van der Waals surface area contributed by atoms with E-state index in [2.05, 4.69) is 5.10 Å². The molecule has 9 heteroatoms.